The zero-order valence-corrected chi connectivity index (χ0v) is 25.3. The molecular formula is C27H40BrF3N2O7. The van der Waals surface area contributed by atoms with Crippen LogP contribution in [0.25, 0.3) is 0 Å². The van der Waals surface area contributed by atoms with E-state index in [1.807, 2.05) is 32.9 Å². The van der Waals surface area contributed by atoms with Gasteiger partial charge < -0.3 is 33.9 Å². The Kier molecular flexibility index (Phi) is 12.8. The highest BCUT2D eigenvalue weighted by atomic mass is 79.9. The van der Waals surface area contributed by atoms with E-state index >= 15 is 0 Å². The molecule has 0 radical (unpaired) electrons. The molecule has 2 saturated heterocycles. The van der Waals surface area contributed by atoms with Crippen LogP contribution in [-0.4, -0.2) is 97.9 Å². The molecule has 0 unspecified atom stereocenters. The highest BCUT2D eigenvalue weighted by Crippen LogP contribution is 2.33. The van der Waals surface area contributed by atoms with Gasteiger partial charge in [0, 0.05) is 42.8 Å². The van der Waals surface area contributed by atoms with Crippen LogP contribution in [0.2, 0.25) is 0 Å². The van der Waals surface area contributed by atoms with Crippen molar-refractivity contribution in [2.75, 3.05) is 46.9 Å². The van der Waals surface area contributed by atoms with E-state index in [1.165, 1.54) is 0 Å². The minimum absolute atomic E-state index is 0.215. The van der Waals surface area contributed by atoms with Gasteiger partial charge in [-0.2, -0.15) is 13.2 Å². The molecule has 9 nitrogen and oxygen atoms in total. The maximum Gasteiger partial charge on any atom is 0.490 e. The first-order chi connectivity index (χ1) is 18.6. The average molecular weight is 642 g/mol. The zero-order chi connectivity index (χ0) is 30.1. The van der Waals surface area contributed by atoms with E-state index < -0.39 is 17.7 Å². The number of halogens is 4. The van der Waals surface area contributed by atoms with Gasteiger partial charge in [0.1, 0.15) is 17.1 Å². The fraction of sp³-hybridized carbons (Fsp3) is 0.704. The molecule has 2 fully saturated rings. The molecule has 0 saturated carbocycles. The molecule has 1 amide bonds. The van der Waals surface area contributed by atoms with Gasteiger partial charge in [0.25, 0.3) is 0 Å². The average Bonchev–Trinajstić information content (AvgIpc) is 2.87. The van der Waals surface area contributed by atoms with Crippen LogP contribution in [0.4, 0.5) is 18.0 Å². The van der Waals surface area contributed by atoms with Crippen LogP contribution in [0.3, 0.4) is 0 Å². The first-order valence-electron chi connectivity index (χ1n) is 13.2. The normalized spacial score (nSPS) is 17.6. The summed E-state index contributed by atoms with van der Waals surface area (Å²) in [6, 6.07) is 3.98. The summed E-state index contributed by atoms with van der Waals surface area (Å²) < 4.78 is 55.7. The standard InChI is InChI=1S/C25H39BrN2O5.C2HF3O2/c1-25(2,3)33-24(29)28-14-8-20(9-15-28)32-19-6-11-27(12-7-19)13-10-21-22(30-4)16-18(26)17-23(21)31-5;3-2(4,5)1(6)7/h16-17,19-20H,6-15H2,1-5H3;(H,6,7). The van der Waals surface area contributed by atoms with Crippen LogP contribution >= 0.6 is 15.9 Å². The molecule has 0 atom stereocenters. The molecule has 3 rings (SSSR count). The van der Waals surface area contributed by atoms with Crippen LogP contribution in [-0.2, 0) is 20.7 Å². The van der Waals surface area contributed by atoms with Crippen LogP contribution < -0.4 is 9.47 Å². The van der Waals surface area contributed by atoms with Gasteiger partial charge in [-0.15, -0.1) is 0 Å². The van der Waals surface area contributed by atoms with Gasteiger partial charge >= 0.3 is 18.2 Å². The number of methoxy groups -OCH3 is 2. The number of likely N-dealkylation sites (tertiary alicyclic amines) is 2. The van der Waals surface area contributed by atoms with E-state index in [1.54, 1.807) is 19.1 Å². The minimum atomic E-state index is -5.08. The molecule has 2 aliphatic heterocycles. The van der Waals surface area contributed by atoms with Gasteiger partial charge in [0.15, 0.2) is 0 Å². The molecule has 0 aliphatic carbocycles. The van der Waals surface area contributed by atoms with Gasteiger partial charge in [-0.3, -0.25) is 0 Å². The molecule has 0 spiro atoms. The van der Waals surface area contributed by atoms with Crippen molar-refractivity contribution in [1.29, 1.82) is 0 Å². The van der Waals surface area contributed by atoms with E-state index in [0.29, 0.717) is 19.2 Å². The lowest BCUT2D eigenvalue weighted by molar-refractivity contribution is -0.192. The van der Waals surface area contributed by atoms with E-state index in [4.69, 9.17) is 28.8 Å². The maximum atomic E-state index is 12.2. The fourth-order valence-corrected chi connectivity index (χ4v) is 4.93. The highest BCUT2D eigenvalue weighted by Gasteiger charge is 2.38. The number of hydrogen-bond donors (Lipinski definition) is 1. The van der Waals surface area contributed by atoms with Crippen molar-refractivity contribution in [3.8, 4) is 11.5 Å². The second-order valence-electron chi connectivity index (χ2n) is 10.7. The van der Waals surface area contributed by atoms with Gasteiger partial charge in [0.2, 0.25) is 0 Å². The second-order valence-corrected chi connectivity index (χ2v) is 11.6. The summed E-state index contributed by atoms with van der Waals surface area (Å²) in [5.41, 5.74) is 0.657. The first kappa shape index (κ1) is 34.0. The monoisotopic (exact) mass is 640 g/mol. The minimum Gasteiger partial charge on any atom is -0.496 e. The number of carboxylic acid groups (broad SMARTS) is 1. The Hall–Kier alpha value is -2.25. The van der Waals surface area contributed by atoms with Crippen molar-refractivity contribution in [1.82, 2.24) is 9.80 Å². The molecule has 2 heterocycles. The summed E-state index contributed by atoms with van der Waals surface area (Å²) in [6.07, 6.45) is -0.0396. The molecule has 1 aromatic rings. The van der Waals surface area contributed by atoms with Crippen LogP contribution in [0.5, 0.6) is 11.5 Å². The summed E-state index contributed by atoms with van der Waals surface area (Å²) in [6.45, 7) is 10.1. The van der Waals surface area contributed by atoms with Gasteiger partial charge in [-0.05, 0) is 65.0 Å². The number of ether oxygens (including phenoxy) is 4. The molecule has 1 N–H and O–H groups in total. The highest BCUT2D eigenvalue weighted by molar-refractivity contribution is 9.10. The Bertz CT molecular complexity index is 947. The van der Waals surface area contributed by atoms with Crippen molar-refractivity contribution in [2.24, 2.45) is 0 Å². The van der Waals surface area contributed by atoms with Gasteiger partial charge in [-0.1, -0.05) is 15.9 Å². The first-order valence-corrected chi connectivity index (χ1v) is 14.0. The lowest BCUT2D eigenvalue weighted by atomic mass is 10.0. The number of carboxylic acids is 1. The number of nitrogens with zero attached hydrogens (tertiary/aromatic N) is 2. The predicted octanol–water partition coefficient (Wildman–Crippen LogP) is 5.52. The number of amides is 1. The number of carbonyl (C=O) groups is 2. The zero-order valence-electron chi connectivity index (χ0n) is 23.7. The Morgan fingerprint density at radius 1 is 0.950 bits per heavy atom. The van der Waals surface area contributed by atoms with Gasteiger partial charge in [-0.25, -0.2) is 9.59 Å². The van der Waals surface area contributed by atoms with Crippen molar-refractivity contribution < 1.29 is 46.8 Å². The molecule has 1 aromatic carbocycles. The number of alkyl halides is 3. The van der Waals surface area contributed by atoms with E-state index in [0.717, 1.165) is 73.3 Å². The Morgan fingerprint density at radius 2 is 1.40 bits per heavy atom. The lowest BCUT2D eigenvalue weighted by Crippen LogP contribution is -2.45. The number of aliphatic carboxylic acids is 1. The largest absolute Gasteiger partial charge is 0.496 e. The number of benzene rings is 1. The third-order valence-electron chi connectivity index (χ3n) is 6.51. The Morgan fingerprint density at radius 3 is 1.80 bits per heavy atom. The van der Waals surface area contributed by atoms with Crippen molar-refractivity contribution in [3.63, 3.8) is 0 Å². The number of piperidine rings is 2. The predicted molar refractivity (Wildman–Crippen MR) is 146 cm³/mol. The van der Waals surface area contributed by atoms with E-state index in [-0.39, 0.29) is 12.2 Å². The van der Waals surface area contributed by atoms with Gasteiger partial charge in [0.05, 0.1) is 26.4 Å². The Labute approximate surface area is 242 Å². The molecule has 0 aromatic heterocycles. The maximum absolute atomic E-state index is 12.2. The summed E-state index contributed by atoms with van der Waals surface area (Å²) in [4.78, 5) is 25.4. The number of rotatable bonds is 7. The molecule has 0 bridgehead atoms. The number of hydrogen-bond acceptors (Lipinski definition) is 7. The number of carbonyl (C=O) groups excluding carboxylic acids is 1. The smallest absolute Gasteiger partial charge is 0.490 e. The summed E-state index contributed by atoms with van der Waals surface area (Å²) in [5, 5.41) is 7.12. The Balaban J connectivity index is 0.000000708. The molecular weight excluding hydrogens is 601 g/mol. The molecule has 2 aliphatic rings. The molecule has 228 valence electrons. The van der Waals surface area contributed by atoms with Crippen LogP contribution in [0, 0.1) is 0 Å². The molecule has 13 heteroatoms. The van der Waals surface area contributed by atoms with E-state index in [2.05, 4.69) is 20.8 Å². The molecule has 40 heavy (non-hydrogen) atoms. The third kappa shape index (κ3) is 11.3. The van der Waals surface area contributed by atoms with Crippen LogP contribution in [0.1, 0.15) is 52.0 Å². The van der Waals surface area contributed by atoms with Crippen molar-refractivity contribution in [2.45, 2.75) is 76.9 Å². The van der Waals surface area contributed by atoms with Crippen molar-refractivity contribution in [3.05, 3.63) is 22.2 Å². The van der Waals surface area contributed by atoms with Crippen LogP contribution in [0.15, 0.2) is 16.6 Å². The summed E-state index contributed by atoms with van der Waals surface area (Å²) in [7, 11) is 3.40. The summed E-state index contributed by atoms with van der Waals surface area (Å²) >= 11 is 3.52. The summed E-state index contributed by atoms with van der Waals surface area (Å²) in [5.74, 6) is -1.04. The fourth-order valence-electron chi connectivity index (χ4n) is 4.51. The van der Waals surface area contributed by atoms with Crippen molar-refractivity contribution >= 4 is 28.0 Å². The topological polar surface area (TPSA) is 97.8 Å². The lowest BCUT2D eigenvalue weighted by Gasteiger charge is -2.37. The van der Waals surface area contributed by atoms with E-state index in [9.17, 15) is 18.0 Å². The quantitative estimate of drug-likeness (QED) is 0.416. The third-order valence-corrected chi connectivity index (χ3v) is 6.96. The second kappa shape index (κ2) is 15.1. The SMILES string of the molecule is COc1cc(Br)cc(OC)c1CCN1CCC(OC2CCN(C(=O)OC(C)(C)C)CC2)CC1.O=C(O)C(F)(F)F.